The summed E-state index contributed by atoms with van der Waals surface area (Å²) in [5.74, 6) is 0.454. The second kappa shape index (κ2) is 6.79. The lowest BCUT2D eigenvalue weighted by Crippen LogP contribution is -3.13. The number of nitrogens with zero attached hydrogens (tertiary/aromatic N) is 1. The van der Waals surface area contributed by atoms with Crippen LogP contribution in [0.3, 0.4) is 0 Å². The first kappa shape index (κ1) is 14.9. The Bertz CT molecular complexity index is 597. The van der Waals surface area contributed by atoms with Crippen molar-refractivity contribution < 1.29 is 14.1 Å². The normalized spacial score (nSPS) is 16.0. The van der Waals surface area contributed by atoms with Crippen LogP contribution in [0.15, 0.2) is 47.1 Å². The van der Waals surface area contributed by atoms with E-state index in [1.54, 1.807) is 18.4 Å². The fourth-order valence-corrected chi connectivity index (χ4v) is 2.94. The lowest BCUT2D eigenvalue weighted by molar-refractivity contribution is -0.917. The van der Waals surface area contributed by atoms with Crippen molar-refractivity contribution in [1.29, 1.82) is 0 Å². The monoisotopic (exact) mass is 299 g/mol. The van der Waals surface area contributed by atoms with Crippen LogP contribution in [0.4, 0.5) is 0 Å². The highest BCUT2D eigenvalue weighted by atomic mass is 16.3. The molecule has 2 heterocycles. The first-order valence-electron chi connectivity index (χ1n) is 8.00. The zero-order chi connectivity index (χ0) is 15.4. The van der Waals surface area contributed by atoms with Crippen LogP contribution < -0.4 is 4.90 Å². The van der Waals surface area contributed by atoms with Crippen molar-refractivity contribution in [2.75, 3.05) is 26.2 Å². The molecular weight excluding hydrogens is 276 g/mol. The molecule has 0 radical (unpaired) electrons. The molecule has 0 aliphatic carbocycles. The van der Waals surface area contributed by atoms with Gasteiger partial charge in [0.25, 0.3) is 5.91 Å². The van der Waals surface area contributed by atoms with Gasteiger partial charge >= 0.3 is 0 Å². The van der Waals surface area contributed by atoms with Gasteiger partial charge in [-0.05, 0) is 24.1 Å². The van der Waals surface area contributed by atoms with E-state index in [0.717, 1.165) is 39.1 Å². The third-order valence-corrected chi connectivity index (χ3v) is 4.38. The fourth-order valence-electron chi connectivity index (χ4n) is 2.94. The summed E-state index contributed by atoms with van der Waals surface area (Å²) in [7, 11) is 0. The topological polar surface area (TPSA) is 37.9 Å². The average molecular weight is 299 g/mol. The first-order chi connectivity index (χ1) is 10.8. The number of carbonyl (C=O) groups is 1. The molecule has 0 unspecified atom stereocenters. The van der Waals surface area contributed by atoms with E-state index in [2.05, 4.69) is 31.2 Å². The van der Waals surface area contributed by atoms with E-state index in [0.29, 0.717) is 5.76 Å². The molecule has 4 nitrogen and oxygen atoms in total. The number of furan rings is 1. The van der Waals surface area contributed by atoms with Crippen molar-refractivity contribution in [3.05, 3.63) is 59.5 Å². The van der Waals surface area contributed by atoms with Crippen LogP contribution in [-0.4, -0.2) is 37.0 Å². The van der Waals surface area contributed by atoms with Gasteiger partial charge in [0, 0.05) is 5.56 Å². The number of hydrogen-bond donors (Lipinski definition) is 1. The van der Waals surface area contributed by atoms with Crippen LogP contribution in [0.2, 0.25) is 0 Å². The number of piperazine rings is 1. The van der Waals surface area contributed by atoms with E-state index < -0.39 is 0 Å². The van der Waals surface area contributed by atoms with Crippen LogP contribution in [0.5, 0.6) is 0 Å². The Hall–Kier alpha value is -2.07. The lowest BCUT2D eigenvalue weighted by Gasteiger charge is -2.31. The smallest absolute Gasteiger partial charge is 0.289 e. The van der Waals surface area contributed by atoms with Gasteiger partial charge in [0.05, 0.1) is 32.4 Å². The Kier molecular flexibility index (Phi) is 4.59. The molecule has 0 atom stereocenters. The minimum Gasteiger partial charge on any atom is -0.459 e. The molecule has 2 aromatic rings. The largest absolute Gasteiger partial charge is 0.459 e. The molecule has 1 amide bonds. The number of aryl methyl sites for hydroxylation is 1. The van der Waals surface area contributed by atoms with Crippen molar-refractivity contribution in [1.82, 2.24) is 4.90 Å². The maximum atomic E-state index is 12.2. The molecule has 4 heteroatoms. The molecule has 1 aliphatic heterocycles. The number of rotatable bonds is 4. The molecule has 1 aliphatic rings. The zero-order valence-electron chi connectivity index (χ0n) is 13.0. The van der Waals surface area contributed by atoms with Gasteiger partial charge in [0.15, 0.2) is 5.76 Å². The summed E-state index contributed by atoms with van der Waals surface area (Å²) >= 11 is 0. The molecule has 0 spiro atoms. The van der Waals surface area contributed by atoms with Gasteiger partial charge in [-0.1, -0.05) is 31.2 Å². The van der Waals surface area contributed by atoms with E-state index in [9.17, 15) is 4.79 Å². The Labute approximate surface area is 131 Å². The summed E-state index contributed by atoms with van der Waals surface area (Å²) in [5.41, 5.74) is 2.76. The zero-order valence-corrected chi connectivity index (χ0v) is 13.0. The maximum absolute atomic E-state index is 12.2. The summed E-state index contributed by atoms with van der Waals surface area (Å²) in [6, 6.07) is 12.4. The van der Waals surface area contributed by atoms with Gasteiger partial charge < -0.3 is 14.2 Å². The number of quaternary nitrogens is 1. The SMILES string of the molecule is CCc1ccc(C[NH+]2CCN(C(=O)c3ccco3)CC2)cc1. The molecule has 1 fully saturated rings. The Balaban J connectivity index is 1.52. The Morgan fingerprint density at radius 2 is 1.82 bits per heavy atom. The van der Waals surface area contributed by atoms with Gasteiger partial charge in [-0.3, -0.25) is 4.79 Å². The van der Waals surface area contributed by atoms with Crippen molar-refractivity contribution in [2.24, 2.45) is 0 Å². The maximum Gasteiger partial charge on any atom is 0.289 e. The minimum absolute atomic E-state index is 0.0105. The standard InChI is InChI=1S/C18H22N2O2/c1-2-15-5-7-16(8-6-15)14-19-9-11-20(12-10-19)18(21)17-4-3-13-22-17/h3-8,13H,2,9-12,14H2,1H3/p+1. The van der Waals surface area contributed by atoms with Crippen molar-refractivity contribution >= 4 is 5.91 Å². The second-order valence-electron chi connectivity index (χ2n) is 5.87. The number of benzene rings is 1. The highest BCUT2D eigenvalue weighted by Gasteiger charge is 2.25. The van der Waals surface area contributed by atoms with E-state index in [1.807, 2.05) is 4.90 Å². The number of hydrogen-bond acceptors (Lipinski definition) is 2. The van der Waals surface area contributed by atoms with Crippen molar-refractivity contribution in [3.8, 4) is 0 Å². The highest BCUT2D eigenvalue weighted by Crippen LogP contribution is 2.07. The van der Waals surface area contributed by atoms with Gasteiger partial charge in [0.1, 0.15) is 6.54 Å². The van der Waals surface area contributed by atoms with Gasteiger partial charge in [-0.25, -0.2) is 0 Å². The van der Waals surface area contributed by atoms with Crippen LogP contribution in [0.1, 0.15) is 28.6 Å². The van der Waals surface area contributed by atoms with E-state index in [4.69, 9.17) is 4.42 Å². The summed E-state index contributed by atoms with van der Waals surface area (Å²) in [5, 5.41) is 0. The van der Waals surface area contributed by atoms with E-state index >= 15 is 0 Å². The number of nitrogens with one attached hydrogen (secondary N) is 1. The van der Waals surface area contributed by atoms with Crippen LogP contribution in [0, 0.1) is 0 Å². The van der Waals surface area contributed by atoms with Gasteiger partial charge in [0.2, 0.25) is 0 Å². The highest BCUT2D eigenvalue weighted by molar-refractivity contribution is 5.91. The summed E-state index contributed by atoms with van der Waals surface area (Å²) in [4.78, 5) is 15.6. The quantitative estimate of drug-likeness (QED) is 0.926. The van der Waals surface area contributed by atoms with Crippen molar-refractivity contribution in [3.63, 3.8) is 0 Å². The third-order valence-electron chi connectivity index (χ3n) is 4.38. The number of carbonyl (C=O) groups excluding carboxylic acids is 1. The molecule has 1 aromatic carbocycles. The lowest BCUT2D eigenvalue weighted by atomic mass is 10.1. The molecule has 0 bridgehead atoms. The predicted molar refractivity (Wildman–Crippen MR) is 84.8 cm³/mol. The van der Waals surface area contributed by atoms with Crippen LogP contribution in [-0.2, 0) is 13.0 Å². The van der Waals surface area contributed by atoms with Gasteiger partial charge in [-0.15, -0.1) is 0 Å². The van der Waals surface area contributed by atoms with Crippen molar-refractivity contribution in [2.45, 2.75) is 19.9 Å². The van der Waals surface area contributed by atoms with E-state index in [-0.39, 0.29) is 5.91 Å². The van der Waals surface area contributed by atoms with Crippen LogP contribution >= 0.6 is 0 Å². The minimum atomic E-state index is 0.0105. The first-order valence-corrected chi connectivity index (χ1v) is 8.00. The van der Waals surface area contributed by atoms with E-state index in [1.165, 1.54) is 16.0 Å². The molecule has 22 heavy (non-hydrogen) atoms. The molecule has 1 N–H and O–H groups in total. The molecule has 1 saturated heterocycles. The Morgan fingerprint density at radius 3 is 2.41 bits per heavy atom. The van der Waals surface area contributed by atoms with Crippen LogP contribution in [0.25, 0.3) is 0 Å². The molecular formula is C18H23N2O2+. The summed E-state index contributed by atoms with van der Waals surface area (Å²) in [6.07, 6.45) is 2.63. The molecule has 3 rings (SSSR count). The number of amides is 1. The summed E-state index contributed by atoms with van der Waals surface area (Å²) in [6.45, 7) is 6.77. The van der Waals surface area contributed by atoms with Gasteiger partial charge in [-0.2, -0.15) is 0 Å². The summed E-state index contributed by atoms with van der Waals surface area (Å²) < 4.78 is 5.19. The molecule has 0 saturated carbocycles. The second-order valence-corrected chi connectivity index (χ2v) is 5.87. The third kappa shape index (κ3) is 3.39. The molecule has 1 aromatic heterocycles. The fraction of sp³-hybridized carbons (Fsp3) is 0.389. The average Bonchev–Trinajstić information content (AvgIpc) is 3.10. The Morgan fingerprint density at radius 1 is 1.14 bits per heavy atom. The molecule has 116 valence electrons. The predicted octanol–water partition coefficient (Wildman–Crippen LogP) is 1.38.